The van der Waals surface area contributed by atoms with Crippen molar-refractivity contribution in [1.29, 1.82) is 0 Å². The molecule has 1 aliphatic heterocycles. The summed E-state index contributed by atoms with van der Waals surface area (Å²) in [4.78, 5) is 18.8. The molecule has 0 radical (unpaired) electrons. The van der Waals surface area contributed by atoms with Crippen LogP contribution >= 0.6 is 15.9 Å². The Balaban J connectivity index is 2.32. The van der Waals surface area contributed by atoms with E-state index < -0.39 is 0 Å². The van der Waals surface area contributed by atoms with Crippen molar-refractivity contribution in [1.82, 2.24) is 9.97 Å². The Morgan fingerprint density at radius 3 is 2.94 bits per heavy atom. The van der Waals surface area contributed by atoms with Gasteiger partial charge in [0.1, 0.15) is 16.4 Å². The van der Waals surface area contributed by atoms with Crippen LogP contribution in [0, 0.1) is 0 Å². The van der Waals surface area contributed by atoms with E-state index in [1.54, 1.807) is 7.11 Å². The second-order valence-corrected chi connectivity index (χ2v) is 4.95. The van der Waals surface area contributed by atoms with Crippen molar-refractivity contribution in [3.8, 4) is 0 Å². The lowest BCUT2D eigenvalue weighted by Crippen LogP contribution is -2.18. The zero-order chi connectivity index (χ0) is 12.4. The van der Waals surface area contributed by atoms with Crippen LogP contribution in [0.4, 0.5) is 0 Å². The van der Waals surface area contributed by atoms with E-state index in [9.17, 15) is 4.79 Å². The topological polar surface area (TPSA) is 64.2 Å². The van der Waals surface area contributed by atoms with Crippen LogP contribution in [-0.2, 0) is 16.1 Å². The fourth-order valence-electron chi connectivity index (χ4n) is 1.91. The second-order valence-electron chi connectivity index (χ2n) is 4.16. The van der Waals surface area contributed by atoms with Crippen LogP contribution in [0.2, 0.25) is 0 Å². The van der Waals surface area contributed by atoms with Gasteiger partial charge in [-0.15, -0.1) is 0 Å². The second kappa shape index (κ2) is 5.29. The molecule has 94 valence electrons. The van der Waals surface area contributed by atoms with Crippen LogP contribution in [0.5, 0.6) is 0 Å². The van der Waals surface area contributed by atoms with Crippen molar-refractivity contribution in [2.45, 2.75) is 38.6 Å². The molecule has 0 bridgehead atoms. The summed E-state index contributed by atoms with van der Waals surface area (Å²) in [6.07, 6.45) is 1.99. The average molecular weight is 303 g/mol. The normalized spacial score (nSPS) is 24.2. The van der Waals surface area contributed by atoms with Crippen molar-refractivity contribution < 1.29 is 9.47 Å². The summed E-state index contributed by atoms with van der Waals surface area (Å²) >= 11 is 3.21. The molecule has 1 aromatic rings. The van der Waals surface area contributed by atoms with E-state index >= 15 is 0 Å². The lowest BCUT2D eigenvalue weighted by atomic mass is 10.2. The zero-order valence-electron chi connectivity index (χ0n) is 9.83. The molecule has 17 heavy (non-hydrogen) atoms. The van der Waals surface area contributed by atoms with Gasteiger partial charge in [0.25, 0.3) is 5.56 Å². The van der Waals surface area contributed by atoms with Crippen molar-refractivity contribution in [2.75, 3.05) is 7.11 Å². The summed E-state index contributed by atoms with van der Waals surface area (Å²) in [6.45, 7) is 2.33. The first-order chi connectivity index (χ1) is 8.11. The van der Waals surface area contributed by atoms with E-state index in [1.165, 1.54) is 0 Å². The molecule has 1 aromatic heterocycles. The minimum atomic E-state index is -0.190. The number of H-pyrrole nitrogens is 1. The fraction of sp³-hybridized carbons (Fsp3) is 0.636. The van der Waals surface area contributed by atoms with Crippen LogP contribution in [0.3, 0.4) is 0 Å². The van der Waals surface area contributed by atoms with Gasteiger partial charge in [0.15, 0.2) is 0 Å². The van der Waals surface area contributed by atoms with Crippen molar-refractivity contribution >= 4 is 15.9 Å². The molecular formula is C11H15BrN2O3. The van der Waals surface area contributed by atoms with E-state index in [1.807, 2.05) is 6.92 Å². The number of nitrogens with zero attached hydrogens (tertiary/aromatic N) is 1. The molecule has 0 saturated carbocycles. The minimum Gasteiger partial charge on any atom is -0.378 e. The number of methoxy groups -OCH3 is 1. The number of aromatic nitrogens is 2. The maximum atomic E-state index is 11.7. The van der Waals surface area contributed by atoms with Gasteiger partial charge in [0, 0.05) is 7.11 Å². The third-order valence-corrected chi connectivity index (χ3v) is 3.59. The summed E-state index contributed by atoms with van der Waals surface area (Å²) < 4.78 is 11.1. The molecule has 0 amide bonds. The molecule has 1 aliphatic rings. The van der Waals surface area contributed by atoms with Crippen LogP contribution in [0.15, 0.2) is 9.27 Å². The molecule has 1 N–H and O–H groups in total. The minimum absolute atomic E-state index is 0.110. The summed E-state index contributed by atoms with van der Waals surface area (Å²) in [7, 11) is 1.57. The largest absolute Gasteiger partial charge is 0.378 e. The number of ether oxygens (including phenoxy) is 2. The van der Waals surface area contributed by atoms with Crippen LogP contribution in [-0.4, -0.2) is 23.2 Å². The quantitative estimate of drug-likeness (QED) is 0.926. The van der Waals surface area contributed by atoms with Crippen molar-refractivity contribution in [3.05, 3.63) is 26.3 Å². The van der Waals surface area contributed by atoms with Gasteiger partial charge in [-0.25, -0.2) is 4.98 Å². The number of rotatable bonds is 3. The first kappa shape index (κ1) is 12.7. The standard InChI is InChI=1S/C11H15BrN2O3/c1-6-3-4-8(17-6)10-13-7(5-16-2)9(12)11(15)14-10/h6,8H,3-5H2,1-2H3,(H,13,14,15). The van der Waals surface area contributed by atoms with E-state index in [-0.39, 0.29) is 17.8 Å². The van der Waals surface area contributed by atoms with Gasteiger partial charge in [-0.05, 0) is 35.7 Å². The highest BCUT2D eigenvalue weighted by atomic mass is 79.9. The monoisotopic (exact) mass is 302 g/mol. The fourth-order valence-corrected chi connectivity index (χ4v) is 2.22. The highest BCUT2D eigenvalue weighted by Gasteiger charge is 2.26. The van der Waals surface area contributed by atoms with Crippen LogP contribution < -0.4 is 5.56 Å². The lowest BCUT2D eigenvalue weighted by molar-refractivity contribution is 0.0496. The van der Waals surface area contributed by atoms with Crippen LogP contribution in [0.1, 0.15) is 37.4 Å². The Bertz CT molecular complexity index is 461. The van der Waals surface area contributed by atoms with Crippen LogP contribution in [0.25, 0.3) is 0 Å². The average Bonchev–Trinajstić information content (AvgIpc) is 2.71. The first-order valence-electron chi connectivity index (χ1n) is 5.54. The van der Waals surface area contributed by atoms with Gasteiger partial charge in [0.2, 0.25) is 0 Å². The molecule has 1 saturated heterocycles. The Hall–Kier alpha value is -0.720. The van der Waals surface area contributed by atoms with Gasteiger partial charge in [-0.1, -0.05) is 0 Å². The van der Waals surface area contributed by atoms with E-state index in [2.05, 4.69) is 25.9 Å². The van der Waals surface area contributed by atoms with E-state index in [4.69, 9.17) is 9.47 Å². The number of hydrogen-bond acceptors (Lipinski definition) is 4. The summed E-state index contributed by atoms with van der Waals surface area (Å²) in [6, 6.07) is 0. The molecule has 2 rings (SSSR count). The third-order valence-electron chi connectivity index (χ3n) is 2.77. The Kier molecular flexibility index (Phi) is 3.96. The molecule has 0 aliphatic carbocycles. The number of halogens is 1. The molecular weight excluding hydrogens is 288 g/mol. The highest BCUT2D eigenvalue weighted by molar-refractivity contribution is 9.10. The van der Waals surface area contributed by atoms with Gasteiger partial charge in [-0.2, -0.15) is 0 Å². The molecule has 0 aromatic carbocycles. The van der Waals surface area contributed by atoms with E-state index in [0.717, 1.165) is 12.8 Å². The lowest BCUT2D eigenvalue weighted by Gasteiger charge is -2.12. The van der Waals surface area contributed by atoms with Gasteiger partial charge in [0.05, 0.1) is 18.4 Å². The molecule has 2 unspecified atom stereocenters. The molecule has 1 fully saturated rings. The van der Waals surface area contributed by atoms with Gasteiger partial charge >= 0.3 is 0 Å². The maximum absolute atomic E-state index is 11.7. The Morgan fingerprint density at radius 1 is 1.59 bits per heavy atom. The van der Waals surface area contributed by atoms with Crippen molar-refractivity contribution in [2.24, 2.45) is 0 Å². The number of hydrogen-bond donors (Lipinski definition) is 1. The molecule has 2 atom stereocenters. The highest BCUT2D eigenvalue weighted by Crippen LogP contribution is 2.30. The molecule has 6 heteroatoms. The predicted octanol–water partition coefficient (Wildman–Crippen LogP) is 1.92. The van der Waals surface area contributed by atoms with Gasteiger partial charge < -0.3 is 14.5 Å². The zero-order valence-corrected chi connectivity index (χ0v) is 11.4. The van der Waals surface area contributed by atoms with E-state index in [0.29, 0.717) is 22.6 Å². The molecule has 2 heterocycles. The number of aromatic amines is 1. The van der Waals surface area contributed by atoms with Crippen molar-refractivity contribution in [3.63, 3.8) is 0 Å². The summed E-state index contributed by atoms with van der Waals surface area (Å²) in [5.41, 5.74) is 0.416. The smallest absolute Gasteiger partial charge is 0.265 e. The molecule has 0 spiro atoms. The third kappa shape index (κ3) is 2.75. The number of nitrogens with one attached hydrogen (secondary N) is 1. The maximum Gasteiger partial charge on any atom is 0.265 e. The predicted molar refractivity (Wildman–Crippen MR) is 65.8 cm³/mol. The Labute approximate surface area is 108 Å². The van der Waals surface area contributed by atoms with Gasteiger partial charge in [-0.3, -0.25) is 4.79 Å². The first-order valence-corrected chi connectivity index (χ1v) is 6.34. The Morgan fingerprint density at radius 2 is 2.35 bits per heavy atom. The summed E-state index contributed by atoms with van der Waals surface area (Å²) in [5, 5.41) is 0. The molecule has 5 nitrogen and oxygen atoms in total. The summed E-state index contributed by atoms with van der Waals surface area (Å²) in [5.74, 6) is 0.592. The SMILES string of the molecule is COCc1nc(C2CCC(C)O2)[nH]c(=O)c1Br.